The van der Waals surface area contributed by atoms with Crippen LogP contribution in [-0.2, 0) is 16.0 Å². The maximum Gasteiger partial charge on any atom is 0.224 e. The van der Waals surface area contributed by atoms with Crippen LogP contribution in [-0.4, -0.2) is 42.9 Å². The minimum absolute atomic E-state index is 0. The first-order chi connectivity index (χ1) is 12.0. The van der Waals surface area contributed by atoms with Crippen LogP contribution in [0.2, 0.25) is 0 Å². The minimum atomic E-state index is 0. The Kier molecular flexibility index (Phi) is 9.66. The fraction of sp³-hybridized carbons (Fsp3) is 0.600. The minimum Gasteiger partial charge on any atom is -0.356 e. The summed E-state index contributed by atoms with van der Waals surface area (Å²) >= 11 is 0. The van der Waals surface area contributed by atoms with E-state index in [2.05, 4.69) is 41.8 Å². The van der Waals surface area contributed by atoms with Gasteiger partial charge in [0.05, 0.1) is 6.04 Å². The van der Waals surface area contributed by atoms with Gasteiger partial charge in [0, 0.05) is 39.0 Å². The topological polar surface area (TPSA) is 61.4 Å². The van der Waals surface area contributed by atoms with Gasteiger partial charge in [-0.2, -0.15) is 0 Å². The molecule has 0 aromatic heterocycles. The summed E-state index contributed by atoms with van der Waals surface area (Å²) < 4.78 is 0. The summed E-state index contributed by atoms with van der Waals surface area (Å²) in [5.41, 5.74) is 2.47. The van der Waals surface area contributed by atoms with Crippen LogP contribution in [0.25, 0.3) is 0 Å². The van der Waals surface area contributed by atoms with Gasteiger partial charge in [-0.25, -0.2) is 0 Å². The average Bonchev–Trinajstić information content (AvgIpc) is 2.61. The Morgan fingerprint density at radius 1 is 1.27 bits per heavy atom. The zero-order valence-electron chi connectivity index (χ0n) is 16.1. The lowest BCUT2D eigenvalue weighted by atomic mass is 10.0. The van der Waals surface area contributed by atoms with Crippen LogP contribution in [0, 0.1) is 5.92 Å². The van der Waals surface area contributed by atoms with Gasteiger partial charge in [0.1, 0.15) is 0 Å². The Morgan fingerprint density at radius 3 is 2.58 bits per heavy atom. The number of hydrogen-bond donors (Lipinski definition) is 2. The molecule has 0 saturated carbocycles. The van der Waals surface area contributed by atoms with Crippen molar-refractivity contribution < 1.29 is 9.59 Å². The number of nitrogens with one attached hydrogen (secondary N) is 2. The Morgan fingerprint density at radius 2 is 1.96 bits per heavy atom. The zero-order chi connectivity index (χ0) is 18.2. The van der Waals surface area contributed by atoms with Crippen LogP contribution in [0.3, 0.4) is 0 Å². The van der Waals surface area contributed by atoms with E-state index in [1.165, 1.54) is 11.1 Å². The van der Waals surface area contributed by atoms with E-state index < -0.39 is 0 Å². The molecule has 1 unspecified atom stereocenters. The number of aryl methyl sites for hydroxylation is 1. The summed E-state index contributed by atoms with van der Waals surface area (Å²) in [5, 5.41) is 6.23. The van der Waals surface area contributed by atoms with E-state index in [9.17, 15) is 9.59 Å². The molecule has 146 valence electrons. The maximum atomic E-state index is 12.7. The average molecular weight is 382 g/mol. The first kappa shape index (κ1) is 22.5. The van der Waals surface area contributed by atoms with E-state index in [0.29, 0.717) is 31.8 Å². The molecule has 1 heterocycles. The largest absolute Gasteiger partial charge is 0.356 e. The Hall–Kier alpha value is -1.59. The third-order valence-electron chi connectivity index (χ3n) is 4.59. The highest BCUT2D eigenvalue weighted by atomic mass is 35.5. The lowest BCUT2D eigenvalue weighted by molar-refractivity contribution is -0.134. The molecule has 1 fully saturated rings. The molecule has 6 heteroatoms. The van der Waals surface area contributed by atoms with Crippen molar-refractivity contribution in [3.05, 3.63) is 35.4 Å². The maximum absolute atomic E-state index is 12.7. The van der Waals surface area contributed by atoms with Gasteiger partial charge >= 0.3 is 0 Å². The third-order valence-corrected chi connectivity index (χ3v) is 4.59. The van der Waals surface area contributed by atoms with Crippen LogP contribution in [0.15, 0.2) is 24.3 Å². The molecule has 26 heavy (non-hydrogen) atoms. The molecular weight excluding hydrogens is 350 g/mol. The molecule has 1 atom stereocenters. The van der Waals surface area contributed by atoms with Crippen LogP contribution in [0.1, 0.15) is 50.8 Å². The smallest absolute Gasteiger partial charge is 0.224 e. The van der Waals surface area contributed by atoms with Crippen LogP contribution >= 0.6 is 12.4 Å². The fourth-order valence-corrected chi connectivity index (χ4v) is 3.17. The molecule has 5 nitrogen and oxygen atoms in total. The van der Waals surface area contributed by atoms with Gasteiger partial charge < -0.3 is 15.5 Å². The molecule has 0 aliphatic carbocycles. The Labute approximate surface area is 163 Å². The number of carbonyl (C=O) groups is 2. The normalized spacial score (nSPS) is 16.9. The van der Waals surface area contributed by atoms with E-state index >= 15 is 0 Å². The summed E-state index contributed by atoms with van der Waals surface area (Å²) in [4.78, 5) is 26.3. The van der Waals surface area contributed by atoms with E-state index in [1.54, 1.807) is 0 Å². The summed E-state index contributed by atoms with van der Waals surface area (Å²) in [6.07, 6.45) is 1.88. The summed E-state index contributed by atoms with van der Waals surface area (Å²) in [5.74, 6) is 0.463. The van der Waals surface area contributed by atoms with Gasteiger partial charge in [-0.1, -0.05) is 45.0 Å². The first-order valence-corrected chi connectivity index (χ1v) is 9.37. The zero-order valence-corrected chi connectivity index (χ0v) is 16.9. The van der Waals surface area contributed by atoms with Crippen LogP contribution in [0.4, 0.5) is 0 Å². The van der Waals surface area contributed by atoms with Gasteiger partial charge in [0.15, 0.2) is 0 Å². The van der Waals surface area contributed by atoms with Gasteiger partial charge in [-0.3, -0.25) is 9.59 Å². The number of piperazine rings is 1. The van der Waals surface area contributed by atoms with Gasteiger partial charge in [-0.15, -0.1) is 12.4 Å². The van der Waals surface area contributed by atoms with Crippen molar-refractivity contribution in [1.29, 1.82) is 0 Å². The predicted octanol–water partition coefficient (Wildman–Crippen LogP) is 2.70. The monoisotopic (exact) mass is 381 g/mol. The summed E-state index contributed by atoms with van der Waals surface area (Å²) in [7, 11) is 0. The third kappa shape index (κ3) is 6.61. The Balaban J connectivity index is 0.00000338. The summed E-state index contributed by atoms with van der Waals surface area (Å²) in [6.45, 7) is 8.88. The van der Waals surface area contributed by atoms with Crippen molar-refractivity contribution in [2.24, 2.45) is 5.92 Å². The molecule has 1 aromatic rings. The number of amides is 2. The number of rotatable bonds is 7. The number of carbonyl (C=O) groups excluding carboxylic acids is 2. The van der Waals surface area contributed by atoms with Gasteiger partial charge in [-0.05, 0) is 23.5 Å². The predicted molar refractivity (Wildman–Crippen MR) is 107 cm³/mol. The van der Waals surface area contributed by atoms with E-state index in [1.807, 2.05) is 18.7 Å². The molecule has 1 aromatic carbocycles. The molecule has 0 spiro atoms. The number of nitrogens with zero attached hydrogens (tertiary/aromatic N) is 1. The van der Waals surface area contributed by atoms with Crippen molar-refractivity contribution in [3.63, 3.8) is 0 Å². The van der Waals surface area contributed by atoms with Crippen molar-refractivity contribution in [2.75, 3.05) is 26.2 Å². The lowest BCUT2D eigenvalue weighted by Gasteiger charge is -2.36. The number of halogens is 1. The highest BCUT2D eigenvalue weighted by Crippen LogP contribution is 2.23. The molecule has 1 saturated heterocycles. The molecule has 2 amide bonds. The van der Waals surface area contributed by atoms with Gasteiger partial charge in [0.2, 0.25) is 11.8 Å². The molecule has 1 aliphatic heterocycles. The molecule has 2 rings (SSSR count). The fourth-order valence-electron chi connectivity index (χ4n) is 3.17. The second kappa shape index (κ2) is 11.2. The molecule has 0 bridgehead atoms. The first-order valence-electron chi connectivity index (χ1n) is 9.37. The Bertz CT molecular complexity index is 575. The van der Waals surface area contributed by atoms with Crippen molar-refractivity contribution in [2.45, 2.75) is 46.1 Å². The van der Waals surface area contributed by atoms with Gasteiger partial charge in [0.25, 0.3) is 0 Å². The van der Waals surface area contributed by atoms with Crippen LogP contribution in [0.5, 0.6) is 0 Å². The molecule has 1 aliphatic rings. The van der Waals surface area contributed by atoms with E-state index in [-0.39, 0.29) is 30.3 Å². The van der Waals surface area contributed by atoms with Crippen molar-refractivity contribution in [3.8, 4) is 0 Å². The van der Waals surface area contributed by atoms with E-state index in [0.717, 1.165) is 19.5 Å². The van der Waals surface area contributed by atoms with Crippen molar-refractivity contribution in [1.82, 2.24) is 15.5 Å². The summed E-state index contributed by atoms with van der Waals surface area (Å²) in [6, 6.07) is 8.60. The second-order valence-electron chi connectivity index (χ2n) is 7.10. The molecule has 0 radical (unpaired) electrons. The quantitative estimate of drug-likeness (QED) is 0.763. The SMILES string of the molecule is CCc1ccc(C2CNCCN2C(=O)CCNC(=O)CC(C)C)cc1.Cl. The molecular formula is C20H32ClN3O2. The van der Waals surface area contributed by atoms with E-state index in [4.69, 9.17) is 0 Å². The van der Waals surface area contributed by atoms with Crippen molar-refractivity contribution >= 4 is 24.2 Å². The number of hydrogen-bond acceptors (Lipinski definition) is 3. The highest BCUT2D eigenvalue weighted by molar-refractivity contribution is 5.85. The van der Waals surface area contributed by atoms with Crippen LogP contribution < -0.4 is 10.6 Å². The molecule has 2 N–H and O–H groups in total. The lowest BCUT2D eigenvalue weighted by Crippen LogP contribution is -2.49. The standard InChI is InChI=1S/C20H31N3O2.ClH/c1-4-16-5-7-17(8-6-16)18-14-21-11-12-23(18)20(25)9-10-22-19(24)13-15(2)3;/h5-8,15,18,21H,4,9-14H2,1-3H3,(H,22,24);1H. The number of benzene rings is 1. The highest BCUT2D eigenvalue weighted by Gasteiger charge is 2.27. The second-order valence-corrected chi connectivity index (χ2v) is 7.10.